The van der Waals surface area contributed by atoms with E-state index in [9.17, 15) is 24.6 Å². The van der Waals surface area contributed by atoms with E-state index in [1.54, 1.807) is 11.0 Å². The molecule has 1 aliphatic heterocycles. The predicted octanol–water partition coefficient (Wildman–Crippen LogP) is 7.10. The summed E-state index contributed by atoms with van der Waals surface area (Å²) < 4.78 is 5.67. The highest BCUT2D eigenvalue weighted by Crippen LogP contribution is 2.37. The molecule has 1 fully saturated rings. The lowest BCUT2D eigenvalue weighted by Gasteiger charge is -2.37. The quantitative estimate of drug-likeness (QED) is 0.132. The van der Waals surface area contributed by atoms with Gasteiger partial charge in [-0.1, -0.05) is 26.0 Å². The third-order valence-corrected chi connectivity index (χ3v) is 9.88. The van der Waals surface area contributed by atoms with Crippen LogP contribution in [0.15, 0.2) is 59.4 Å². The van der Waals surface area contributed by atoms with Gasteiger partial charge in [0.25, 0.3) is 17.4 Å². The Morgan fingerprint density at radius 3 is 2.29 bits per heavy atom. The van der Waals surface area contributed by atoms with Crippen molar-refractivity contribution in [2.24, 2.45) is 0 Å². The molecule has 0 bridgehead atoms. The number of rotatable bonds is 11. The van der Waals surface area contributed by atoms with Crippen molar-refractivity contribution in [2.75, 3.05) is 36.1 Å². The highest BCUT2D eigenvalue weighted by molar-refractivity contribution is 6.08. The van der Waals surface area contributed by atoms with Gasteiger partial charge in [0.1, 0.15) is 11.5 Å². The predicted molar refractivity (Wildman–Crippen MR) is 202 cm³/mol. The maximum Gasteiger partial charge on any atom is 0.262 e. The van der Waals surface area contributed by atoms with E-state index in [1.807, 2.05) is 77.9 Å². The molecule has 10 heteroatoms. The summed E-state index contributed by atoms with van der Waals surface area (Å²) in [6.45, 7) is 16.0. The Balaban J connectivity index is 1.57. The number of amides is 2. The number of hydrogen-bond acceptors (Lipinski definition) is 7. The Bertz CT molecular complexity index is 1980. The lowest BCUT2D eigenvalue weighted by molar-refractivity contribution is 0.0845. The van der Waals surface area contributed by atoms with Crippen LogP contribution in [0.2, 0.25) is 0 Å². The molecule has 2 heterocycles. The van der Waals surface area contributed by atoms with Crippen molar-refractivity contribution in [1.29, 1.82) is 0 Å². The van der Waals surface area contributed by atoms with Crippen molar-refractivity contribution < 1.29 is 24.5 Å². The van der Waals surface area contributed by atoms with Crippen LogP contribution in [-0.2, 0) is 11.3 Å². The largest absolute Gasteiger partial charge is 0.508 e. The fourth-order valence-electron chi connectivity index (χ4n) is 7.06. The molecule has 1 aromatic heterocycles. The van der Waals surface area contributed by atoms with Crippen LogP contribution in [0.1, 0.15) is 95.1 Å². The maximum absolute atomic E-state index is 14.0. The number of aryl methyl sites for hydroxylation is 2. The number of aromatic hydroxyl groups is 2. The van der Waals surface area contributed by atoms with E-state index in [0.29, 0.717) is 42.1 Å². The molecule has 0 saturated carbocycles. The molecule has 51 heavy (non-hydrogen) atoms. The topological polar surface area (TPSA) is 135 Å². The number of hydrogen-bond donors (Lipinski definition) is 4. The summed E-state index contributed by atoms with van der Waals surface area (Å²) in [6.07, 6.45) is 1.75. The van der Waals surface area contributed by atoms with Gasteiger partial charge in [0.15, 0.2) is 0 Å². The van der Waals surface area contributed by atoms with E-state index < -0.39 is 5.91 Å². The third-order valence-electron chi connectivity index (χ3n) is 9.88. The summed E-state index contributed by atoms with van der Waals surface area (Å²) in [5.74, 6) is -1.07. The Morgan fingerprint density at radius 2 is 1.65 bits per heavy atom. The van der Waals surface area contributed by atoms with Crippen LogP contribution in [0.4, 0.5) is 11.4 Å². The SMILES string of the molecule is CCN(C(=O)c1cc(C(C)C)c(O)cc1O)c1cccc(-c2cc(C(=O)NCc3c(C)cc(C)[nH]c3=O)c(C)c(N(CC)C3CCOCC3)c2)c1. The molecule has 5 rings (SSSR count). The number of nitrogens with one attached hydrogen (secondary N) is 2. The first-order valence-electron chi connectivity index (χ1n) is 17.8. The first kappa shape index (κ1) is 37.2. The van der Waals surface area contributed by atoms with Crippen molar-refractivity contribution >= 4 is 23.2 Å². The molecule has 0 spiro atoms. The minimum atomic E-state index is -0.392. The van der Waals surface area contributed by atoms with Crippen LogP contribution in [0.5, 0.6) is 11.5 Å². The monoisotopic (exact) mass is 694 g/mol. The minimum Gasteiger partial charge on any atom is -0.508 e. The van der Waals surface area contributed by atoms with Crippen molar-refractivity contribution in [3.05, 3.63) is 104 Å². The van der Waals surface area contributed by atoms with Crippen molar-refractivity contribution in [3.63, 3.8) is 0 Å². The minimum absolute atomic E-state index is 0.0527. The van der Waals surface area contributed by atoms with E-state index in [1.165, 1.54) is 6.07 Å². The van der Waals surface area contributed by atoms with Gasteiger partial charge in [0.2, 0.25) is 0 Å². The molecule has 2 amide bonds. The van der Waals surface area contributed by atoms with E-state index in [2.05, 4.69) is 28.2 Å². The van der Waals surface area contributed by atoms with Crippen LogP contribution in [-0.4, -0.2) is 59.4 Å². The number of carbonyl (C=O) groups is 2. The molecule has 10 nitrogen and oxygen atoms in total. The maximum atomic E-state index is 14.0. The second-order valence-corrected chi connectivity index (χ2v) is 13.6. The highest BCUT2D eigenvalue weighted by Gasteiger charge is 2.26. The van der Waals surface area contributed by atoms with Gasteiger partial charge in [0, 0.05) is 73.2 Å². The van der Waals surface area contributed by atoms with Gasteiger partial charge in [0.05, 0.1) is 5.56 Å². The zero-order valence-corrected chi connectivity index (χ0v) is 30.7. The summed E-state index contributed by atoms with van der Waals surface area (Å²) in [6, 6.07) is 16.5. The van der Waals surface area contributed by atoms with E-state index in [4.69, 9.17) is 4.74 Å². The molecule has 1 saturated heterocycles. The van der Waals surface area contributed by atoms with E-state index >= 15 is 0 Å². The third kappa shape index (κ3) is 7.96. The molecule has 0 unspecified atom stereocenters. The van der Waals surface area contributed by atoms with Crippen LogP contribution in [0.3, 0.4) is 0 Å². The summed E-state index contributed by atoms with van der Waals surface area (Å²) in [4.78, 5) is 47.4. The summed E-state index contributed by atoms with van der Waals surface area (Å²) in [5.41, 5.74) is 7.06. The fraction of sp³-hybridized carbons (Fsp3) is 0.390. The molecular weight excluding hydrogens is 644 g/mol. The summed E-state index contributed by atoms with van der Waals surface area (Å²) in [7, 11) is 0. The van der Waals surface area contributed by atoms with Crippen LogP contribution in [0, 0.1) is 20.8 Å². The van der Waals surface area contributed by atoms with E-state index in [0.717, 1.165) is 53.0 Å². The van der Waals surface area contributed by atoms with Gasteiger partial charge in [-0.3, -0.25) is 14.4 Å². The van der Waals surface area contributed by atoms with Gasteiger partial charge in [-0.05, 0) is 118 Å². The number of phenolic OH excluding ortho intramolecular Hbond substituents is 2. The van der Waals surface area contributed by atoms with Crippen LogP contribution in [0.25, 0.3) is 11.1 Å². The number of nitrogens with zero attached hydrogens (tertiary/aromatic N) is 2. The van der Waals surface area contributed by atoms with Gasteiger partial charge < -0.3 is 35.1 Å². The molecule has 270 valence electrons. The standard InChI is InChI=1S/C41H50N4O6/c1-8-44(30-13-15-51-16-14-30)36-20-29(19-33(27(36)7)39(48)42-23-35-25(5)17-26(6)43-40(35)49)28-11-10-12-31(18-28)45(9-2)41(50)34-21-32(24(3)4)37(46)22-38(34)47/h10-12,17-22,24,30,46-47H,8-9,13-16,23H2,1-7H3,(H,42,48)(H,43,49). The zero-order chi connectivity index (χ0) is 37.0. The Labute approximate surface area is 300 Å². The number of pyridine rings is 1. The number of benzene rings is 3. The Morgan fingerprint density at radius 1 is 0.922 bits per heavy atom. The lowest BCUT2D eigenvalue weighted by Crippen LogP contribution is -2.40. The highest BCUT2D eigenvalue weighted by atomic mass is 16.5. The van der Waals surface area contributed by atoms with E-state index in [-0.39, 0.29) is 47.0 Å². The average molecular weight is 695 g/mol. The van der Waals surface area contributed by atoms with Crippen molar-refractivity contribution in [3.8, 4) is 22.6 Å². The van der Waals surface area contributed by atoms with Crippen molar-refractivity contribution in [2.45, 2.75) is 79.8 Å². The average Bonchev–Trinajstić information content (AvgIpc) is 3.09. The van der Waals surface area contributed by atoms with Crippen LogP contribution < -0.4 is 20.7 Å². The number of carbonyl (C=O) groups excluding carboxylic acids is 2. The first-order valence-corrected chi connectivity index (χ1v) is 17.8. The van der Waals surface area contributed by atoms with Gasteiger partial charge in [-0.25, -0.2) is 0 Å². The molecule has 3 aromatic carbocycles. The van der Waals surface area contributed by atoms with Crippen LogP contribution >= 0.6 is 0 Å². The normalized spacial score (nSPS) is 13.3. The molecule has 4 N–H and O–H groups in total. The Kier molecular flexibility index (Phi) is 11.6. The number of anilines is 2. The zero-order valence-electron chi connectivity index (χ0n) is 30.7. The Hall–Kier alpha value is -5.09. The second kappa shape index (κ2) is 15.9. The number of H-pyrrole nitrogens is 1. The molecule has 0 radical (unpaired) electrons. The number of aromatic amines is 1. The second-order valence-electron chi connectivity index (χ2n) is 13.6. The van der Waals surface area contributed by atoms with Gasteiger partial charge >= 0.3 is 0 Å². The lowest BCUT2D eigenvalue weighted by atomic mass is 9.94. The summed E-state index contributed by atoms with van der Waals surface area (Å²) in [5, 5.41) is 24.1. The number of aromatic nitrogens is 1. The van der Waals surface area contributed by atoms with Gasteiger partial charge in [-0.15, -0.1) is 0 Å². The smallest absolute Gasteiger partial charge is 0.262 e. The molecule has 4 aromatic rings. The molecule has 0 atom stereocenters. The molecular formula is C41H50N4O6. The molecule has 1 aliphatic rings. The summed E-state index contributed by atoms with van der Waals surface area (Å²) >= 11 is 0. The number of phenols is 2. The van der Waals surface area contributed by atoms with Gasteiger partial charge in [-0.2, -0.15) is 0 Å². The number of ether oxygens (including phenoxy) is 1. The molecule has 0 aliphatic carbocycles. The fourth-order valence-corrected chi connectivity index (χ4v) is 7.06. The first-order chi connectivity index (χ1) is 24.3. The van der Waals surface area contributed by atoms with Crippen molar-refractivity contribution in [1.82, 2.24) is 10.3 Å².